The number of benzene rings is 1. The zero-order valence-electron chi connectivity index (χ0n) is 11.2. The summed E-state index contributed by atoms with van der Waals surface area (Å²) in [6.45, 7) is 3.78. The number of hydrogen-bond donors (Lipinski definition) is 1. The van der Waals surface area contributed by atoms with Crippen molar-refractivity contribution in [3.8, 4) is 0 Å². The van der Waals surface area contributed by atoms with Gasteiger partial charge in [-0.2, -0.15) is 5.10 Å². The fraction of sp³-hybridized carbons (Fsp3) is 0.308. The van der Waals surface area contributed by atoms with Crippen LogP contribution in [0.15, 0.2) is 35.4 Å². The number of sulfonamides is 1. The van der Waals surface area contributed by atoms with Crippen molar-refractivity contribution in [2.45, 2.75) is 25.2 Å². The maximum Gasteiger partial charge on any atom is 0.265 e. The lowest BCUT2D eigenvalue weighted by molar-refractivity contribution is 0.600. The maximum atomic E-state index is 12.2. The summed E-state index contributed by atoms with van der Waals surface area (Å²) in [5.41, 5.74) is 2.33. The molecule has 6 heteroatoms. The van der Waals surface area contributed by atoms with E-state index in [0.29, 0.717) is 11.4 Å². The van der Waals surface area contributed by atoms with Crippen LogP contribution in [0, 0.1) is 6.92 Å². The van der Waals surface area contributed by atoms with Gasteiger partial charge in [-0.15, -0.1) is 0 Å². The molecule has 0 unspecified atom stereocenters. The average molecular weight is 279 g/mol. The highest BCUT2D eigenvalue weighted by Gasteiger charge is 2.19. The first-order chi connectivity index (χ1) is 8.94. The van der Waals surface area contributed by atoms with E-state index < -0.39 is 10.0 Å². The van der Waals surface area contributed by atoms with Crippen LogP contribution in [0.25, 0.3) is 0 Å². The molecule has 1 aromatic heterocycles. The van der Waals surface area contributed by atoms with E-state index in [0.717, 1.165) is 6.42 Å². The summed E-state index contributed by atoms with van der Waals surface area (Å²) in [5.74, 6) is 0. The molecule has 1 heterocycles. The van der Waals surface area contributed by atoms with Crippen LogP contribution in [0.5, 0.6) is 0 Å². The Labute approximate surface area is 113 Å². The Morgan fingerprint density at radius 2 is 1.89 bits per heavy atom. The van der Waals surface area contributed by atoms with Crippen LogP contribution in [-0.2, 0) is 23.5 Å². The van der Waals surface area contributed by atoms with E-state index in [4.69, 9.17) is 0 Å². The minimum absolute atomic E-state index is 0.203. The van der Waals surface area contributed by atoms with E-state index in [9.17, 15) is 8.42 Å². The molecule has 2 rings (SSSR count). The largest absolute Gasteiger partial charge is 0.280 e. The van der Waals surface area contributed by atoms with Crippen LogP contribution in [0.2, 0.25) is 0 Å². The number of nitrogens with one attached hydrogen (secondary N) is 1. The molecular weight excluding hydrogens is 262 g/mol. The lowest BCUT2D eigenvalue weighted by Crippen LogP contribution is -2.13. The van der Waals surface area contributed by atoms with Crippen molar-refractivity contribution in [3.63, 3.8) is 0 Å². The Bertz CT molecular complexity index is 672. The molecule has 0 saturated heterocycles. The van der Waals surface area contributed by atoms with Gasteiger partial charge in [0.1, 0.15) is 4.90 Å². The summed E-state index contributed by atoms with van der Waals surface area (Å²) in [7, 11) is -1.86. The summed E-state index contributed by atoms with van der Waals surface area (Å²) in [5, 5.41) is 3.95. The Hall–Kier alpha value is -1.82. The molecule has 5 nitrogen and oxygen atoms in total. The molecule has 0 atom stereocenters. The van der Waals surface area contributed by atoms with Gasteiger partial charge in [-0.25, -0.2) is 8.42 Å². The third-order valence-corrected chi connectivity index (χ3v) is 4.58. The van der Waals surface area contributed by atoms with E-state index in [2.05, 4.69) is 16.7 Å². The van der Waals surface area contributed by atoms with Crippen LogP contribution in [-0.4, -0.2) is 18.2 Å². The summed E-state index contributed by atoms with van der Waals surface area (Å²) < 4.78 is 28.5. The zero-order chi connectivity index (χ0) is 14.0. The molecule has 0 bridgehead atoms. The molecule has 0 aliphatic heterocycles. The van der Waals surface area contributed by atoms with Gasteiger partial charge in [-0.3, -0.25) is 9.40 Å². The number of rotatable bonds is 4. The van der Waals surface area contributed by atoms with Crippen molar-refractivity contribution in [1.29, 1.82) is 0 Å². The highest BCUT2D eigenvalue weighted by Crippen LogP contribution is 2.19. The molecular formula is C13H17N3O2S. The highest BCUT2D eigenvalue weighted by molar-refractivity contribution is 7.92. The van der Waals surface area contributed by atoms with Crippen molar-refractivity contribution in [1.82, 2.24) is 9.78 Å². The minimum atomic E-state index is -3.58. The molecule has 0 fully saturated rings. The molecule has 0 aliphatic carbocycles. The van der Waals surface area contributed by atoms with Crippen LogP contribution < -0.4 is 4.72 Å². The molecule has 0 saturated carbocycles. The normalized spacial score (nSPS) is 11.5. The fourth-order valence-corrected chi connectivity index (χ4v) is 3.02. The van der Waals surface area contributed by atoms with Gasteiger partial charge in [-0.05, 0) is 31.0 Å². The van der Waals surface area contributed by atoms with Crippen molar-refractivity contribution in [2.24, 2.45) is 7.05 Å². The van der Waals surface area contributed by atoms with Crippen molar-refractivity contribution in [3.05, 3.63) is 41.7 Å². The van der Waals surface area contributed by atoms with E-state index >= 15 is 0 Å². The lowest BCUT2D eigenvalue weighted by Gasteiger charge is -2.08. The van der Waals surface area contributed by atoms with E-state index in [1.807, 2.05) is 12.1 Å². The predicted octanol–water partition coefficient (Wildman–Crippen LogP) is 2.09. The first kappa shape index (κ1) is 13.6. The number of aryl methyl sites for hydroxylation is 2. The number of anilines is 1. The second-order valence-corrected chi connectivity index (χ2v) is 6.02. The van der Waals surface area contributed by atoms with E-state index in [1.54, 1.807) is 26.1 Å². The third-order valence-electron chi connectivity index (χ3n) is 3.09. The first-order valence-electron chi connectivity index (χ1n) is 6.04. The molecule has 2 aromatic rings. The summed E-state index contributed by atoms with van der Waals surface area (Å²) in [6, 6.07) is 7.35. The van der Waals surface area contributed by atoms with Crippen LogP contribution >= 0.6 is 0 Å². The maximum absolute atomic E-state index is 12.2. The Balaban J connectivity index is 2.28. The fourth-order valence-electron chi connectivity index (χ4n) is 1.76. The SMILES string of the molecule is CCc1ccc(NS(=O)(=O)c2cnn(C)c2C)cc1. The number of hydrogen-bond acceptors (Lipinski definition) is 3. The molecule has 102 valence electrons. The monoisotopic (exact) mass is 279 g/mol. The van der Waals surface area contributed by atoms with Gasteiger partial charge in [0.05, 0.1) is 11.9 Å². The quantitative estimate of drug-likeness (QED) is 0.932. The van der Waals surface area contributed by atoms with Gasteiger partial charge >= 0.3 is 0 Å². The zero-order valence-corrected chi connectivity index (χ0v) is 12.0. The van der Waals surface area contributed by atoms with Crippen molar-refractivity contribution < 1.29 is 8.42 Å². The van der Waals surface area contributed by atoms with E-state index in [1.165, 1.54) is 16.4 Å². The molecule has 19 heavy (non-hydrogen) atoms. The minimum Gasteiger partial charge on any atom is -0.280 e. The van der Waals surface area contributed by atoms with E-state index in [-0.39, 0.29) is 4.90 Å². The van der Waals surface area contributed by atoms with Gasteiger partial charge in [0.15, 0.2) is 0 Å². The molecule has 0 aliphatic rings. The Morgan fingerprint density at radius 1 is 1.26 bits per heavy atom. The average Bonchev–Trinajstić information content (AvgIpc) is 2.71. The second-order valence-electron chi connectivity index (χ2n) is 4.37. The van der Waals surface area contributed by atoms with Crippen LogP contribution in [0.3, 0.4) is 0 Å². The molecule has 1 N–H and O–H groups in total. The van der Waals surface area contributed by atoms with Gasteiger partial charge in [0, 0.05) is 12.7 Å². The molecule has 1 aromatic carbocycles. The van der Waals surface area contributed by atoms with Gasteiger partial charge in [-0.1, -0.05) is 19.1 Å². The first-order valence-corrected chi connectivity index (χ1v) is 7.52. The molecule has 0 spiro atoms. The second kappa shape index (κ2) is 5.05. The molecule has 0 radical (unpaired) electrons. The van der Waals surface area contributed by atoms with Gasteiger partial charge in [0.2, 0.25) is 0 Å². The molecule has 0 amide bonds. The summed E-state index contributed by atoms with van der Waals surface area (Å²) in [4.78, 5) is 0.203. The summed E-state index contributed by atoms with van der Waals surface area (Å²) >= 11 is 0. The standard InChI is InChI=1S/C13H17N3O2S/c1-4-11-5-7-12(8-6-11)15-19(17,18)13-9-14-16(3)10(13)2/h5-9,15H,4H2,1-3H3. The van der Waals surface area contributed by atoms with Crippen molar-refractivity contribution in [2.75, 3.05) is 4.72 Å². The summed E-state index contributed by atoms with van der Waals surface area (Å²) in [6.07, 6.45) is 2.28. The van der Waals surface area contributed by atoms with Gasteiger partial charge in [0.25, 0.3) is 10.0 Å². The van der Waals surface area contributed by atoms with Gasteiger partial charge < -0.3 is 0 Å². The lowest BCUT2D eigenvalue weighted by atomic mass is 10.2. The van der Waals surface area contributed by atoms with Crippen LogP contribution in [0.1, 0.15) is 18.2 Å². The third kappa shape index (κ3) is 2.78. The Kier molecular flexibility index (Phi) is 3.61. The highest BCUT2D eigenvalue weighted by atomic mass is 32.2. The Morgan fingerprint density at radius 3 is 2.37 bits per heavy atom. The van der Waals surface area contributed by atoms with Crippen LogP contribution in [0.4, 0.5) is 5.69 Å². The smallest absolute Gasteiger partial charge is 0.265 e. The topological polar surface area (TPSA) is 64.0 Å². The van der Waals surface area contributed by atoms with Crippen molar-refractivity contribution >= 4 is 15.7 Å². The number of aromatic nitrogens is 2. The number of nitrogens with zero attached hydrogens (tertiary/aromatic N) is 2. The predicted molar refractivity (Wildman–Crippen MR) is 74.6 cm³/mol.